The first kappa shape index (κ1) is 13.4. The van der Waals surface area contributed by atoms with E-state index in [1.165, 1.54) is 0 Å². The smallest absolute Gasteiger partial charge is 0.224 e. The summed E-state index contributed by atoms with van der Waals surface area (Å²) >= 11 is 2.23. The van der Waals surface area contributed by atoms with Gasteiger partial charge in [0.1, 0.15) is 0 Å². The highest BCUT2D eigenvalue weighted by molar-refractivity contribution is 14.1. The molecule has 3 N–H and O–H groups in total. The number of halogens is 1. The Hall–Kier alpha value is -0.620. The average Bonchev–Trinajstić information content (AvgIpc) is 2.29. The zero-order chi connectivity index (χ0) is 12.0. The molecule has 1 amide bonds. The molecule has 1 atom stereocenters. The molecule has 0 aromatic heterocycles. The topological polar surface area (TPSA) is 55.1 Å². The molecule has 1 unspecified atom stereocenters. The molecule has 88 valence electrons. The summed E-state index contributed by atoms with van der Waals surface area (Å²) in [6.45, 7) is 2.62. The highest BCUT2D eigenvalue weighted by atomic mass is 127. The molecule has 4 heteroatoms. The van der Waals surface area contributed by atoms with Crippen LogP contribution in [-0.4, -0.2) is 12.5 Å². The zero-order valence-electron chi connectivity index (χ0n) is 9.37. The fourth-order valence-corrected chi connectivity index (χ4v) is 1.76. The Balaban J connectivity index is 2.48. The van der Waals surface area contributed by atoms with E-state index in [1.54, 1.807) is 0 Å². The molecule has 0 bridgehead atoms. The number of carbonyl (C=O) groups is 1. The molecule has 1 aromatic rings. The van der Waals surface area contributed by atoms with Gasteiger partial charge in [0, 0.05) is 15.7 Å². The zero-order valence-corrected chi connectivity index (χ0v) is 11.5. The van der Waals surface area contributed by atoms with E-state index >= 15 is 0 Å². The molecule has 0 heterocycles. The van der Waals surface area contributed by atoms with Gasteiger partial charge in [0.05, 0.1) is 0 Å². The van der Waals surface area contributed by atoms with Gasteiger partial charge >= 0.3 is 0 Å². The Morgan fingerprint density at radius 3 is 2.56 bits per heavy atom. The summed E-state index contributed by atoms with van der Waals surface area (Å²) in [5, 5.41) is 2.87. The molecule has 0 spiro atoms. The first-order valence-corrected chi connectivity index (χ1v) is 6.49. The van der Waals surface area contributed by atoms with Crippen LogP contribution in [0.25, 0.3) is 0 Å². The van der Waals surface area contributed by atoms with Crippen molar-refractivity contribution >= 4 is 34.2 Å². The molecule has 0 fully saturated rings. The SMILES string of the molecule is CCC(CN)CC(=O)Nc1ccc(I)cc1. The highest BCUT2D eigenvalue weighted by Crippen LogP contribution is 2.13. The van der Waals surface area contributed by atoms with E-state index in [9.17, 15) is 4.79 Å². The minimum Gasteiger partial charge on any atom is -0.330 e. The van der Waals surface area contributed by atoms with Gasteiger partial charge in [0.15, 0.2) is 0 Å². The second-order valence-electron chi connectivity index (χ2n) is 3.77. The van der Waals surface area contributed by atoms with Crippen LogP contribution in [0.15, 0.2) is 24.3 Å². The number of hydrogen-bond acceptors (Lipinski definition) is 2. The van der Waals surface area contributed by atoms with E-state index in [0.717, 1.165) is 15.7 Å². The van der Waals surface area contributed by atoms with Gasteiger partial charge in [-0.15, -0.1) is 0 Å². The number of nitrogens with two attached hydrogens (primary N) is 1. The van der Waals surface area contributed by atoms with Crippen molar-refractivity contribution in [3.63, 3.8) is 0 Å². The largest absolute Gasteiger partial charge is 0.330 e. The maximum Gasteiger partial charge on any atom is 0.224 e. The maximum absolute atomic E-state index is 11.7. The predicted molar refractivity (Wildman–Crippen MR) is 75.2 cm³/mol. The van der Waals surface area contributed by atoms with Crippen molar-refractivity contribution in [3.05, 3.63) is 27.8 Å². The van der Waals surface area contributed by atoms with Crippen molar-refractivity contribution in [2.75, 3.05) is 11.9 Å². The van der Waals surface area contributed by atoms with Crippen molar-refractivity contribution < 1.29 is 4.79 Å². The van der Waals surface area contributed by atoms with Crippen molar-refractivity contribution in [2.45, 2.75) is 19.8 Å². The Morgan fingerprint density at radius 1 is 1.44 bits per heavy atom. The second-order valence-corrected chi connectivity index (χ2v) is 5.01. The summed E-state index contributed by atoms with van der Waals surface area (Å²) in [5.74, 6) is 0.322. The third-order valence-electron chi connectivity index (χ3n) is 2.51. The Morgan fingerprint density at radius 2 is 2.06 bits per heavy atom. The Bertz CT molecular complexity index is 333. The number of rotatable bonds is 5. The quantitative estimate of drug-likeness (QED) is 0.815. The molecule has 1 rings (SSSR count). The van der Waals surface area contributed by atoms with Gasteiger partial charge in [-0.2, -0.15) is 0 Å². The van der Waals surface area contributed by atoms with Crippen LogP contribution in [0, 0.1) is 9.49 Å². The van der Waals surface area contributed by atoms with Crippen molar-refractivity contribution in [3.8, 4) is 0 Å². The first-order chi connectivity index (χ1) is 7.65. The molecule has 0 aliphatic heterocycles. The molecule has 0 saturated heterocycles. The molecular weight excluding hydrogens is 315 g/mol. The molecule has 0 radical (unpaired) electrons. The van der Waals surface area contributed by atoms with E-state index in [0.29, 0.717) is 13.0 Å². The Labute approximate surface area is 110 Å². The molecule has 1 aromatic carbocycles. The lowest BCUT2D eigenvalue weighted by Crippen LogP contribution is -2.21. The lowest BCUT2D eigenvalue weighted by molar-refractivity contribution is -0.117. The number of amides is 1. The number of carbonyl (C=O) groups excluding carboxylic acids is 1. The molecule has 0 saturated carbocycles. The van der Waals surface area contributed by atoms with Crippen LogP contribution in [0.2, 0.25) is 0 Å². The molecule has 16 heavy (non-hydrogen) atoms. The Kier molecular flexibility index (Phi) is 5.76. The molecule has 3 nitrogen and oxygen atoms in total. The second kappa shape index (κ2) is 6.85. The van der Waals surface area contributed by atoms with Crippen LogP contribution in [-0.2, 0) is 4.79 Å². The van der Waals surface area contributed by atoms with Gasteiger partial charge < -0.3 is 11.1 Å². The van der Waals surface area contributed by atoms with Crippen molar-refractivity contribution in [1.82, 2.24) is 0 Å². The van der Waals surface area contributed by atoms with E-state index < -0.39 is 0 Å². The van der Waals surface area contributed by atoms with Crippen molar-refractivity contribution in [1.29, 1.82) is 0 Å². The third-order valence-corrected chi connectivity index (χ3v) is 3.23. The van der Waals surface area contributed by atoms with Gasteiger partial charge in [0.25, 0.3) is 0 Å². The van der Waals surface area contributed by atoms with Crippen LogP contribution >= 0.6 is 22.6 Å². The van der Waals surface area contributed by atoms with Crippen molar-refractivity contribution in [2.24, 2.45) is 11.7 Å². The van der Waals surface area contributed by atoms with Crippen LogP contribution < -0.4 is 11.1 Å². The minimum absolute atomic E-state index is 0.0403. The summed E-state index contributed by atoms with van der Waals surface area (Å²) in [7, 11) is 0. The molecular formula is C12H17IN2O. The standard InChI is InChI=1S/C12H17IN2O/c1-2-9(8-14)7-12(16)15-11-5-3-10(13)4-6-11/h3-6,9H,2,7-8,14H2,1H3,(H,15,16). The summed E-state index contributed by atoms with van der Waals surface area (Å²) in [5.41, 5.74) is 6.41. The van der Waals surface area contributed by atoms with E-state index in [1.807, 2.05) is 24.3 Å². The lowest BCUT2D eigenvalue weighted by Gasteiger charge is -2.11. The van der Waals surface area contributed by atoms with Gasteiger partial charge in [-0.25, -0.2) is 0 Å². The number of benzene rings is 1. The predicted octanol–water partition coefficient (Wildman–Crippen LogP) is 2.60. The number of nitrogens with one attached hydrogen (secondary N) is 1. The van der Waals surface area contributed by atoms with Gasteiger partial charge in [-0.05, 0) is 59.3 Å². The monoisotopic (exact) mass is 332 g/mol. The highest BCUT2D eigenvalue weighted by Gasteiger charge is 2.10. The average molecular weight is 332 g/mol. The van der Waals surface area contributed by atoms with Crippen LogP contribution in [0.3, 0.4) is 0 Å². The molecule has 0 aliphatic carbocycles. The third kappa shape index (κ3) is 4.49. The van der Waals surface area contributed by atoms with E-state index in [4.69, 9.17) is 5.73 Å². The summed E-state index contributed by atoms with van der Waals surface area (Å²) < 4.78 is 1.16. The van der Waals surface area contributed by atoms with Crippen LogP contribution in [0.5, 0.6) is 0 Å². The van der Waals surface area contributed by atoms with E-state index in [-0.39, 0.29) is 11.8 Å². The first-order valence-electron chi connectivity index (χ1n) is 5.41. The minimum atomic E-state index is 0.0403. The van der Waals surface area contributed by atoms with Gasteiger partial charge in [-0.1, -0.05) is 13.3 Å². The summed E-state index contributed by atoms with van der Waals surface area (Å²) in [6.07, 6.45) is 1.44. The van der Waals surface area contributed by atoms with Crippen LogP contribution in [0.4, 0.5) is 5.69 Å². The van der Waals surface area contributed by atoms with Gasteiger partial charge in [-0.3, -0.25) is 4.79 Å². The fraction of sp³-hybridized carbons (Fsp3) is 0.417. The van der Waals surface area contributed by atoms with E-state index in [2.05, 4.69) is 34.8 Å². The lowest BCUT2D eigenvalue weighted by atomic mass is 10.0. The normalized spacial score (nSPS) is 12.2. The van der Waals surface area contributed by atoms with Crippen LogP contribution in [0.1, 0.15) is 19.8 Å². The fourth-order valence-electron chi connectivity index (χ4n) is 1.40. The number of hydrogen-bond donors (Lipinski definition) is 2. The molecule has 0 aliphatic rings. The summed E-state index contributed by atoms with van der Waals surface area (Å²) in [4.78, 5) is 11.7. The van der Waals surface area contributed by atoms with Gasteiger partial charge in [0.2, 0.25) is 5.91 Å². The maximum atomic E-state index is 11.7. The number of anilines is 1. The summed E-state index contributed by atoms with van der Waals surface area (Å²) in [6, 6.07) is 7.75.